The van der Waals surface area contributed by atoms with Crippen molar-refractivity contribution in [2.24, 2.45) is 16.5 Å². The monoisotopic (exact) mass is 217 g/mol. The average molecular weight is 217 g/mol. The van der Waals surface area contributed by atoms with Crippen LogP contribution >= 0.6 is 11.8 Å². The number of hydrogen-bond acceptors (Lipinski definition) is 2. The van der Waals surface area contributed by atoms with E-state index in [0.717, 1.165) is 12.2 Å². The molecule has 0 saturated carbocycles. The maximum Gasteiger partial charge on any atom is 0.221 e. The minimum atomic E-state index is -0.0687. The molecule has 0 fully saturated rings. The van der Waals surface area contributed by atoms with Crippen LogP contribution in [0.5, 0.6) is 0 Å². The minimum Gasteiger partial charge on any atom is -0.370 e. The van der Waals surface area contributed by atoms with E-state index >= 15 is 0 Å². The smallest absolute Gasteiger partial charge is 0.221 e. The summed E-state index contributed by atoms with van der Waals surface area (Å²) < 4.78 is 0. The van der Waals surface area contributed by atoms with Gasteiger partial charge in [0.25, 0.3) is 0 Å². The predicted octanol–water partition coefficient (Wildman–Crippen LogP) is 0.268. The highest BCUT2D eigenvalue weighted by Gasteiger charge is 2.14. The number of nitrogens with two attached hydrogens (primary N) is 2. The Morgan fingerprint density at radius 1 is 1.57 bits per heavy atom. The van der Waals surface area contributed by atoms with Crippen molar-refractivity contribution in [1.82, 2.24) is 4.90 Å². The Kier molecular flexibility index (Phi) is 6.11. The zero-order valence-electron chi connectivity index (χ0n) is 8.95. The van der Waals surface area contributed by atoms with Gasteiger partial charge in [-0.2, -0.15) is 16.8 Å². The molecule has 5 N–H and O–H groups in total. The van der Waals surface area contributed by atoms with Gasteiger partial charge in [-0.05, 0) is 12.7 Å². The molecule has 0 aromatic rings. The van der Waals surface area contributed by atoms with E-state index in [2.05, 4.69) is 11.9 Å². The summed E-state index contributed by atoms with van der Waals surface area (Å²) in [6.45, 7) is 2.08. The molecule has 0 rings (SSSR count). The Morgan fingerprint density at radius 3 is 2.50 bits per heavy atom. The highest BCUT2D eigenvalue weighted by molar-refractivity contribution is 7.98. The van der Waals surface area contributed by atoms with Crippen LogP contribution in [0, 0.1) is 5.41 Å². The molecule has 0 radical (unpaired) electrons. The van der Waals surface area contributed by atoms with Crippen molar-refractivity contribution in [3.05, 3.63) is 0 Å². The van der Waals surface area contributed by atoms with Crippen LogP contribution in [-0.2, 0) is 0 Å². The summed E-state index contributed by atoms with van der Waals surface area (Å²) in [5, 5.41) is 7.61. The molecule has 0 heterocycles. The first-order chi connectivity index (χ1) is 6.52. The number of nitrogens with one attached hydrogen (secondary N) is 1. The van der Waals surface area contributed by atoms with Gasteiger partial charge in [0.15, 0.2) is 5.96 Å². The van der Waals surface area contributed by atoms with E-state index in [4.69, 9.17) is 16.9 Å². The van der Waals surface area contributed by atoms with E-state index in [0.29, 0.717) is 6.04 Å². The van der Waals surface area contributed by atoms with Crippen molar-refractivity contribution < 1.29 is 0 Å². The lowest BCUT2D eigenvalue weighted by Gasteiger charge is -2.26. The van der Waals surface area contributed by atoms with Crippen molar-refractivity contribution in [2.75, 3.05) is 19.1 Å². The maximum absolute atomic E-state index is 7.61. The Bertz CT molecular complexity index is 212. The quantitative estimate of drug-likeness (QED) is 0.465. The Labute approximate surface area is 89.4 Å². The number of hydrogen-bond donors (Lipinski definition) is 3. The summed E-state index contributed by atoms with van der Waals surface area (Å²) in [6, 6.07) is 0.306. The highest BCUT2D eigenvalue weighted by atomic mass is 32.2. The molecule has 0 aliphatic heterocycles. The fourth-order valence-corrected chi connectivity index (χ4v) is 1.91. The molecule has 0 spiro atoms. The molecule has 0 aromatic heterocycles. The van der Waals surface area contributed by atoms with Crippen molar-refractivity contribution >= 4 is 23.7 Å². The summed E-state index contributed by atoms with van der Waals surface area (Å²) >= 11 is 1.75. The van der Waals surface area contributed by atoms with Gasteiger partial charge in [-0.25, -0.2) is 0 Å². The van der Waals surface area contributed by atoms with Crippen molar-refractivity contribution in [3.8, 4) is 0 Å². The molecule has 0 aliphatic rings. The molecule has 6 heteroatoms. The SMILES string of the molecule is CCC(CSC)N(C)C(=N)N=C(N)N. The number of guanidine groups is 2. The molecule has 1 unspecified atom stereocenters. The molecule has 14 heavy (non-hydrogen) atoms. The van der Waals surface area contributed by atoms with Gasteiger partial charge in [0.2, 0.25) is 5.96 Å². The molecular formula is C8H19N5S. The van der Waals surface area contributed by atoms with Gasteiger partial charge in [-0.3, -0.25) is 5.41 Å². The van der Waals surface area contributed by atoms with Crippen LogP contribution in [0.3, 0.4) is 0 Å². The number of thioether (sulfide) groups is 1. The van der Waals surface area contributed by atoms with Crippen LogP contribution in [0.15, 0.2) is 4.99 Å². The van der Waals surface area contributed by atoms with Gasteiger partial charge in [-0.1, -0.05) is 6.92 Å². The van der Waals surface area contributed by atoms with Gasteiger partial charge in [0.05, 0.1) is 0 Å². The van der Waals surface area contributed by atoms with Crippen LogP contribution in [0.25, 0.3) is 0 Å². The maximum atomic E-state index is 7.61. The third-order valence-corrected chi connectivity index (χ3v) is 2.67. The van der Waals surface area contributed by atoms with Crippen LogP contribution < -0.4 is 11.5 Å². The lowest BCUT2D eigenvalue weighted by atomic mass is 10.2. The van der Waals surface area contributed by atoms with Gasteiger partial charge in [0, 0.05) is 18.8 Å². The predicted molar refractivity (Wildman–Crippen MR) is 63.8 cm³/mol. The first kappa shape index (κ1) is 13.1. The summed E-state index contributed by atoms with van der Waals surface area (Å²) in [6.07, 6.45) is 3.01. The second-order valence-electron chi connectivity index (χ2n) is 2.99. The van der Waals surface area contributed by atoms with Gasteiger partial charge in [-0.15, -0.1) is 0 Å². The lowest BCUT2D eigenvalue weighted by molar-refractivity contribution is 0.381. The Morgan fingerprint density at radius 2 is 2.14 bits per heavy atom. The van der Waals surface area contributed by atoms with E-state index in [1.165, 1.54) is 0 Å². The average Bonchev–Trinajstić information content (AvgIpc) is 2.12. The van der Waals surface area contributed by atoms with Gasteiger partial charge >= 0.3 is 0 Å². The molecule has 82 valence electrons. The number of nitrogens with zero attached hydrogens (tertiary/aromatic N) is 2. The van der Waals surface area contributed by atoms with Gasteiger partial charge < -0.3 is 16.4 Å². The Balaban J connectivity index is 4.34. The first-order valence-electron chi connectivity index (χ1n) is 4.42. The lowest BCUT2D eigenvalue weighted by Crippen LogP contribution is -2.38. The van der Waals surface area contributed by atoms with E-state index in [-0.39, 0.29) is 11.9 Å². The highest BCUT2D eigenvalue weighted by Crippen LogP contribution is 2.08. The van der Waals surface area contributed by atoms with Gasteiger partial charge in [0.1, 0.15) is 0 Å². The minimum absolute atomic E-state index is 0.0687. The largest absolute Gasteiger partial charge is 0.370 e. The molecule has 0 aromatic carbocycles. The zero-order valence-corrected chi connectivity index (χ0v) is 9.77. The van der Waals surface area contributed by atoms with Crippen LogP contribution in [-0.4, -0.2) is 41.9 Å². The molecule has 1 atom stereocenters. The van der Waals surface area contributed by atoms with E-state index in [1.807, 2.05) is 13.3 Å². The molecule has 0 saturated heterocycles. The molecule has 0 aliphatic carbocycles. The molecular weight excluding hydrogens is 198 g/mol. The Hall–Kier alpha value is -0.910. The fourth-order valence-electron chi connectivity index (χ4n) is 1.07. The summed E-state index contributed by atoms with van der Waals surface area (Å²) in [7, 11) is 1.83. The number of aliphatic imine (C=N–C) groups is 1. The third-order valence-electron chi connectivity index (χ3n) is 1.95. The second-order valence-corrected chi connectivity index (χ2v) is 3.90. The van der Waals surface area contributed by atoms with E-state index in [1.54, 1.807) is 16.7 Å². The standard InChI is InChI=1S/C8H19N5S/c1-4-6(5-14-3)13(2)8(11)12-7(9)10/h6H,4-5H2,1-3H3,(H5,9,10,11,12). The van der Waals surface area contributed by atoms with E-state index < -0.39 is 0 Å². The topological polar surface area (TPSA) is 91.5 Å². The van der Waals surface area contributed by atoms with Crippen LogP contribution in [0.2, 0.25) is 0 Å². The summed E-state index contributed by atoms with van der Waals surface area (Å²) in [5.41, 5.74) is 10.4. The number of rotatable bonds is 4. The zero-order chi connectivity index (χ0) is 11.1. The fraction of sp³-hybridized carbons (Fsp3) is 0.750. The molecule has 5 nitrogen and oxygen atoms in total. The van der Waals surface area contributed by atoms with Crippen LogP contribution in [0.4, 0.5) is 0 Å². The summed E-state index contributed by atoms with van der Waals surface area (Å²) in [4.78, 5) is 5.49. The van der Waals surface area contributed by atoms with Crippen molar-refractivity contribution in [1.29, 1.82) is 5.41 Å². The second kappa shape index (κ2) is 6.53. The van der Waals surface area contributed by atoms with E-state index in [9.17, 15) is 0 Å². The first-order valence-corrected chi connectivity index (χ1v) is 5.82. The van der Waals surface area contributed by atoms with Crippen LogP contribution in [0.1, 0.15) is 13.3 Å². The normalized spacial score (nSPS) is 11.9. The van der Waals surface area contributed by atoms with Crippen molar-refractivity contribution in [2.45, 2.75) is 19.4 Å². The third kappa shape index (κ3) is 4.36. The summed E-state index contributed by atoms with van der Waals surface area (Å²) in [5.74, 6) is 1.02. The molecule has 0 bridgehead atoms. The molecule has 0 amide bonds. The van der Waals surface area contributed by atoms with Crippen molar-refractivity contribution in [3.63, 3.8) is 0 Å².